The number of ketones is 1. The minimum absolute atomic E-state index is 0.0437. The minimum atomic E-state index is -1.44. The van der Waals surface area contributed by atoms with Gasteiger partial charge in [-0.15, -0.1) is 0 Å². The highest BCUT2D eigenvalue weighted by Gasteiger charge is 2.31. The second-order valence-electron chi connectivity index (χ2n) is 8.11. The SMILES string of the molecule is [N-]=[N+]=CC(=O)CCC(NC(=O)C(Cc1c[nH]c2ccccc12)OC(=O)CN1CCCC1=O)C(=O)O. The molecule has 1 aliphatic rings. The first-order valence-electron chi connectivity index (χ1n) is 11.0. The van der Waals surface area contributed by atoms with Crippen molar-refractivity contribution in [1.82, 2.24) is 15.2 Å². The van der Waals surface area contributed by atoms with Gasteiger partial charge in [0.05, 0.1) is 0 Å². The van der Waals surface area contributed by atoms with Crippen LogP contribution in [0.3, 0.4) is 0 Å². The van der Waals surface area contributed by atoms with E-state index in [1.165, 1.54) is 4.90 Å². The molecule has 12 nitrogen and oxygen atoms in total. The Hall–Kier alpha value is -4.31. The molecule has 2 atom stereocenters. The zero-order valence-electron chi connectivity index (χ0n) is 18.8. The fourth-order valence-corrected chi connectivity index (χ4v) is 3.85. The Balaban J connectivity index is 1.75. The molecule has 184 valence electrons. The molecule has 1 aromatic heterocycles. The van der Waals surface area contributed by atoms with Gasteiger partial charge in [-0.2, -0.15) is 4.79 Å². The van der Waals surface area contributed by atoms with Crippen molar-refractivity contribution in [3.05, 3.63) is 41.6 Å². The van der Waals surface area contributed by atoms with Crippen molar-refractivity contribution in [2.24, 2.45) is 0 Å². The predicted octanol–water partition coefficient (Wildman–Crippen LogP) is 0.464. The van der Waals surface area contributed by atoms with Crippen LogP contribution in [0.5, 0.6) is 0 Å². The second kappa shape index (κ2) is 11.7. The van der Waals surface area contributed by atoms with Crippen LogP contribution < -0.4 is 5.32 Å². The van der Waals surface area contributed by atoms with Crippen LogP contribution in [-0.4, -0.2) is 80.8 Å². The molecule has 0 spiro atoms. The molecule has 1 saturated heterocycles. The van der Waals surface area contributed by atoms with Gasteiger partial charge in [0.2, 0.25) is 11.7 Å². The fourth-order valence-electron chi connectivity index (χ4n) is 3.85. The van der Waals surface area contributed by atoms with Gasteiger partial charge in [0.15, 0.2) is 6.10 Å². The molecule has 2 unspecified atom stereocenters. The average molecular weight is 483 g/mol. The number of para-hydroxylation sites is 1. The summed E-state index contributed by atoms with van der Waals surface area (Å²) < 4.78 is 5.42. The van der Waals surface area contributed by atoms with Crippen molar-refractivity contribution in [2.45, 2.75) is 44.2 Å². The average Bonchev–Trinajstić information content (AvgIpc) is 3.42. The summed E-state index contributed by atoms with van der Waals surface area (Å²) in [4.78, 5) is 67.6. The van der Waals surface area contributed by atoms with Crippen molar-refractivity contribution in [1.29, 1.82) is 0 Å². The number of amides is 2. The molecule has 0 radical (unpaired) electrons. The van der Waals surface area contributed by atoms with Crippen molar-refractivity contribution < 1.29 is 38.6 Å². The van der Waals surface area contributed by atoms with Gasteiger partial charge in [-0.1, -0.05) is 18.2 Å². The minimum Gasteiger partial charge on any atom is -0.480 e. The Kier molecular flexibility index (Phi) is 8.47. The number of aromatic nitrogens is 1. The largest absolute Gasteiger partial charge is 0.480 e. The molecule has 0 saturated carbocycles. The normalized spacial score (nSPS) is 14.7. The lowest BCUT2D eigenvalue weighted by Crippen LogP contribution is -2.48. The van der Waals surface area contributed by atoms with Gasteiger partial charge in [-0.05, 0) is 24.5 Å². The summed E-state index contributed by atoms with van der Waals surface area (Å²) in [6.45, 7) is 0.105. The van der Waals surface area contributed by atoms with E-state index in [1.54, 1.807) is 6.20 Å². The lowest BCUT2D eigenvalue weighted by Gasteiger charge is -2.22. The van der Waals surface area contributed by atoms with Gasteiger partial charge in [-0.25, -0.2) is 4.79 Å². The number of hydrogen-bond donors (Lipinski definition) is 3. The zero-order valence-corrected chi connectivity index (χ0v) is 18.8. The van der Waals surface area contributed by atoms with Crippen LogP contribution in [0.4, 0.5) is 0 Å². The van der Waals surface area contributed by atoms with Gasteiger partial charge in [-0.3, -0.25) is 19.2 Å². The molecule has 1 aromatic carbocycles. The number of fused-ring (bicyclic) bond motifs is 1. The number of nitrogens with zero attached hydrogens (tertiary/aromatic N) is 3. The number of rotatable bonds is 12. The summed E-state index contributed by atoms with van der Waals surface area (Å²) in [5.74, 6) is -3.83. The molecule has 3 rings (SSSR count). The third-order valence-corrected chi connectivity index (χ3v) is 5.63. The molecule has 35 heavy (non-hydrogen) atoms. The number of carbonyl (C=O) groups excluding carboxylic acids is 4. The van der Waals surface area contributed by atoms with Crippen LogP contribution in [0.25, 0.3) is 16.4 Å². The van der Waals surface area contributed by atoms with E-state index < -0.39 is 35.8 Å². The van der Waals surface area contributed by atoms with E-state index in [2.05, 4.69) is 15.1 Å². The number of nitrogens with one attached hydrogen (secondary N) is 2. The van der Waals surface area contributed by atoms with Gasteiger partial charge >= 0.3 is 18.2 Å². The van der Waals surface area contributed by atoms with E-state index in [9.17, 15) is 29.1 Å². The number of esters is 1. The van der Waals surface area contributed by atoms with Crippen LogP contribution in [0, 0.1) is 0 Å². The number of hydrogen-bond acceptors (Lipinski definition) is 6. The number of benzene rings is 1. The van der Waals surface area contributed by atoms with E-state index in [0.717, 1.165) is 10.9 Å². The zero-order chi connectivity index (χ0) is 25.4. The number of aromatic amines is 1. The third kappa shape index (κ3) is 6.84. The smallest absolute Gasteiger partial charge is 0.326 e. The third-order valence-electron chi connectivity index (χ3n) is 5.63. The maximum Gasteiger partial charge on any atom is 0.326 e. The standard InChI is InChI=1S/C23H25N5O7/c24-26-12-15(29)7-8-18(23(33)34)27-22(32)19(35-21(31)13-28-9-3-6-20(28)30)10-14-11-25-17-5-2-1-4-16(14)17/h1-2,4-5,11-12,18-19,25H,3,6-10,13H2,(H,27,32)(H,33,34). The first kappa shape index (κ1) is 25.3. The Morgan fingerprint density at radius 2 is 2.06 bits per heavy atom. The molecular formula is C23H25N5O7. The topological polar surface area (TPSA) is 182 Å². The Morgan fingerprint density at radius 3 is 2.74 bits per heavy atom. The molecule has 0 aliphatic carbocycles. The quantitative estimate of drug-likeness (QED) is 0.170. The molecule has 0 bridgehead atoms. The first-order valence-corrected chi connectivity index (χ1v) is 11.0. The maximum atomic E-state index is 13.0. The Morgan fingerprint density at radius 1 is 1.29 bits per heavy atom. The van der Waals surface area contributed by atoms with Crippen LogP contribution in [0.15, 0.2) is 30.5 Å². The number of aliphatic carboxylic acids is 1. The predicted molar refractivity (Wildman–Crippen MR) is 121 cm³/mol. The van der Waals surface area contributed by atoms with Gasteiger partial charge in [0.25, 0.3) is 5.91 Å². The van der Waals surface area contributed by atoms with Crippen LogP contribution in [0.1, 0.15) is 31.2 Å². The van der Waals surface area contributed by atoms with E-state index in [0.29, 0.717) is 31.2 Å². The monoisotopic (exact) mass is 483 g/mol. The molecule has 1 aliphatic heterocycles. The van der Waals surface area contributed by atoms with Gasteiger partial charge in [0, 0.05) is 42.9 Å². The lowest BCUT2D eigenvalue weighted by molar-refractivity contribution is -0.158. The van der Waals surface area contributed by atoms with E-state index in [1.807, 2.05) is 24.3 Å². The molecule has 2 amide bonds. The molecule has 1 fully saturated rings. The van der Waals surface area contributed by atoms with Crippen molar-refractivity contribution in [2.75, 3.05) is 13.1 Å². The molecule has 2 heterocycles. The summed E-state index contributed by atoms with van der Waals surface area (Å²) in [5.41, 5.74) is 9.90. The number of ether oxygens (including phenoxy) is 1. The number of Topliss-reactive ketones (excluding diaryl/α,β-unsaturated/α-hetero) is 1. The Bertz CT molecular complexity index is 1180. The number of carboxylic acids is 1. The number of H-pyrrole nitrogens is 1. The van der Waals surface area contributed by atoms with Crippen molar-refractivity contribution in [3.8, 4) is 0 Å². The molecule has 3 N–H and O–H groups in total. The van der Waals surface area contributed by atoms with Gasteiger partial charge < -0.3 is 30.6 Å². The second-order valence-corrected chi connectivity index (χ2v) is 8.11. The lowest BCUT2D eigenvalue weighted by atomic mass is 10.0. The highest BCUT2D eigenvalue weighted by molar-refractivity contribution is 6.25. The Labute approximate surface area is 199 Å². The highest BCUT2D eigenvalue weighted by Crippen LogP contribution is 2.20. The van der Waals surface area contributed by atoms with Crippen LogP contribution in [-0.2, 0) is 35.1 Å². The van der Waals surface area contributed by atoms with E-state index in [4.69, 9.17) is 10.3 Å². The summed E-state index contributed by atoms with van der Waals surface area (Å²) in [6.07, 6.45) is 1.31. The van der Waals surface area contributed by atoms with E-state index in [-0.39, 0.29) is 31.7 Å². The van der Waals surface area contributed by atoms with Crippen LogP contribution >= 0.6 is 0 Å². The van der Waals surface area contributed by atoms with Crippen LogP contribution in [0.2, 0.25) is 0 Å². The maximum absolute atomic E-state index is 13.0. The van der Waals surface area contributed by atoms with Crippen molar-refractivity contribution >= 4 is 46.7 Å². The molecule has 2 aromatic rings. The fraction of sp³-hybridized carbons (Fsp3) is 0.391. The number of carboxylic acid groups (broad SMARTS) is 1. The van der Waals surface area contributed by atoms with E-state index >= 15 is 0 Å². The molecular weight excluding hydrogens is 458 g/mol. The van der Waals surface area contributed by atoms with Crippen molar-refractivity contribution in [3.63, 3.8) is 0 Å². The summed E-state index contributed by atoms with van der Waals surface area (Å²) in [7, 11) is 0. The highest BCUT2D eigenvalue weighted by atomic mass is 16.5. The summed E-state index contributed by atoms with van der Waals surface area (Å²) in [6, 6.07) is 5.87. The number of carbonyl (C=O) groups is 5. The first-order chi connectivity index (χ1) is 16.8. The summed E-state index contributed by atoms with van der Waals surface area (Å²) in [5, 5.41) is 12.6. The van der Waals surface area contributed by atoms with Gasteiger partial charge in [0.1, 0.15) is 12.6 Å². The molecule has 12 heteroatoms. The summed E-state index contributed by atoms with van der Waals surface area (Å²) >= 11 is 0. The number of likely N-dealkylation sites (tertiary alicyclic amines) is 1.